The average molecular weight is 273 g/mol. The Morgan fingerprint density at radius 1 is 1.28 bits per heavy atom. The van der Waals surface area contributed by atoms with E-state index >= 15 is 0 Å². The van der Waals surface area contributed by atoms with Gasteiger partial charge in [-0.1, -0.05) is 18.2 Å². The number of hydrogen-bond acceptors (Lipinski definition) is 4. The summed E-state index contributed by atoms with van der Waals surface area (Å²) in [7, 11) is 0. The van der Waals surface area contributed by atoms with E-state index in [1.54, 1.807) is 17.0 Å². The van der Waals surface area contributed by atoms with Crippen LogP contribution in [0.1, 0.15) is 22.9 Å². The van der Waals surface area contributed by atoms with Gasteiger partial charge in [0.15, 0.2) is 0 Å². The molecule has 0 amide bonds. The number of hydrogen-bond donors (Lipinski definition) is 2. The Labute approximate surface area is 105 Å². The Morgan fingerprint density at radius 3 is 2.56 bits per heavy atom. The molecule has 3 N–H and O–H groups in total. The van der Waals surface area contributed by atoms with Crippen LogP contribution in [0.15, 0.2) is 35.2 Å². The molecule has 0 aliphatic heterocycles. The van der Waals surface area contributed by atoms with Gasteiger partial charge in [-0.05, 0) is 11.6 Å². The summed E-state index contributed by atoms with van der Waals surface area (Å²) in [5.74, 6) is 5.36. The van der Waals surface area contributed by atoms with Gasteiger partial charge in [0.2, 0.25) is 0 Å². The van der Waals surface area contributed by atoms with Crippen LogP contribution in [0.3, 0.4) is 0 Å². The molecule has 0 saturated heterocycles. The zero-order chi connectivity index (χ0) is 13.2. The lowest BCUT2D eigenvalue weighted by Gasteiger charge is -2.19. The third-order valence-corrected chi connectivity index (χ3v) is 3.10. The smallest absolute Gasteiger partial charge is 0.271 e. The van der Waals surface area contributed by atoms with E-state index in [9.17, 15) is 13.2 Å². The van der Waals surface area contributed by atoms with Crippen LogP contribution in [0.25, 0.3) is 0 Å². The predicted octanol–water partition coefficient (Wildman–Crippen LogP) is 2.71. The van der Waals surface area contributed by atoms with E-state index in [1.165, 1.54) is 23.5 Å². The highest BCUT2D eigenvalue weighted by Crippen LogP contribution is 2.36. The van der Waals surface area contributed by atoms with Gasteiger partial charge >= 0.3 is 6.18 Å². The molecule has 18 heavy (non-hydrogen) atoms. The van der Waals surface area contributed by atoms with Crippen LogP contribution in [0.2, 0.25) is 0 Å². The van der Waals surface area contributed by atoms with E-state index < -0.39 is 17.8 Å². The molecular formula is C11H10F3N3S. The van der Waals surface area contributed by atoms with Crippen molar-refractivity contribution in [3.05, 3.63) is 52.0 Å². The molecule has 0 fully saturated rings. The second kappa shape index (κ2) is 5.05. The van der Waals surface area contributed by atoms with Crippen LogP contribution in [-0.4, -0.2) is 4.98 Å². The first-order chi connectivity index (χ1) is 8.54. The number of nitrogens with two attached hydrogens (primary N) is 1. The molecule has 1 atom stereocenters. The highest BCUT2D eigenvalue weighted by Gasteiger charge is 2.35. The lowest BCUT2D eigenvalue weighted by Crippen LogP contribution is -2.30. The van der Waals surface area contributed by atoms with Crippen molar-refractivity contribution in [3.63, 3.8) is 0 Å². The molecule has 2 aromatic rings. The molecule has 96 valence electrons. The fourth-order valence-electron chi connectivity index (χ4n) is 1.71. The van der Waals surface area contributed by atoms with Gasteiger partial charge < -0.3 is 0 Å². The predicted molar refractivity (Wildman–Crippen MR) is 62.7 cm³/mol. The van der Waals surface area contributed by atoms with E-state index in [4.69, 9.17) is 5.84 Å². The summed E-state index contributed by atoms with van der Waals surface area (Å²) in [5.41, 5.74) is 3.76. The SMILES string of the molecule is NNC(c1cscn1)c1ccccc1C(F)(F)F. The lowest BCUT2D eigenvalue weighted by atomic mass is 9.98. The van der Waals surface area contributed by atoms with Gasteiger partial charge in [0, 0.05) is 5.38 Å². The molecule has 0 spiro atoms. The molecule has 3 nitrogen and oxygen atoms in total. The summed E-state index contributed by atoms with van der Waals surface area (Å²) >= 11 is 1.30. The van der Waals surface area contributed by atoms with Gasteiger partial charge in [0.05, 0.1) is 22.8 Å². The minimum Gasteiger partial charge on any atom is -0.271 e. The summed E-state index contributed by atoms with van der Waals surface area (Å²) < 4.78 is 38.7. The molecule has 0 radical (unpaired) electrons. The molecule has 0 bridgehead atoms. The average Bonchev–Trinajstić information content (AvgIpc) is 2.83. The monoisotopic (exact) mass is 273 g/mol. The Morgan fingerprint density at radius 2 is 2.00 bits per heavy atom. The van der Waals surface area contributed by atoms with Crippen molar-refractivity contribution in [3.8, 4) is 0 Å². The number of rotatable bonds is 3. The van der Waals surface area contributed by atoms with Crippen molar-refractivity contribution in [2.45, 2.75) is 12.2 Å². The summed E-state index contributed by atoms with van der Waals surface area (Å²) in [6, 6.07) is 4.55. The number of alkyl halides is 3. The fourth-order valence-corrected chi connectivity index (χ4v) is 2.29. The molecule has 1 unspecified atom stereocenters. The molecule has 0 aliphatic carbocycles. The van der Waals surface area contributed by atoms with Gasteiger partial charge in [-0.3, -0.25) is 5.84 Å². The first kappa shape index (κ1) is 13.0. The largest absolute Gasteiger partial charge is 0.416 e. The van der Waals surface area contributed by atoms with Crippen LogP contribution >= 0.6 is 11.3 Å². The summed E-state index contributed by atoms with van der Waals surface area (Å²) in [6.07, 6.45) is -4.41. The maximum absolute atomic E-state index is 12.9. The minimum atomic E-state index is -4.41. The molecule has 2 rings (SSSR count). The molecule has 1 aromatic heterocycles. The van der Waals surface area contributed by atoms with E-state index in [0.29, 0.717) is 5.69 Å². The molecule has 7 heteroatoms. The standard InChI is InChI=1S/C11H10F3N3S/c12-11(13,14)8-4-2-1-3-7(8)10(17-15)9-5-18-6-16-9/h1-6,10,17H,15H2. The van der Waals surface area contributed by atoms with Crippen molar-refractivity contribution >= 4 is 11.3 Å². The maximum Gasteiger partial charge on any atom is 0.416 e. The molecule has 1 aromatic carbocycles. The number of thiazole rings is 1. The third-order valence-electron chi connectivity index (χ3n) is 2.49. The lowest BCUT2D eigenvalue weighted by molar-refractivity contribution is -0.138. The van der Waals surface area contributed by atoms with Gasteiger partial charge in [0.25, 0.3) is 0 Å². The van der Waals surface area contributed by atoms with Crippen molar-refractivity contribution in [2.24, 2.45) is 5.84 Å². The van der Waals surface area contributed by atoms with Gasteiger partial charge in [-0.15, -0.1) is 11.3 Å². The van der Waals surface area contributed by atoms with Crippen LogP contribution in [0, 0.1) is 0 Å². The number of benzene rings is 1. The number of nitrogens with one attached hydrogen (secondary N) is 1. The van der Waals surface area contributed by atoms with Crippen molar-refractivity contribution in [1.82, 2.24) is 10.4 Å². The quantitative estimate of drug-likeness (QED) is 0.668. The Bertz CT molecular complexity index is 511. The number of aromatic nitrogens is 1. The zero-order valence-corrected chi connectivity index (χ0v) is 9.92. The van der Waals surface area contributed by atoms with Gasteiger partial charge in [0.1, 0.15) is 0 Å². The highest BCUT2D eigenvalue weighted by molar-refractivity contribution is 7.07. The third kappa shape index (κ3) is 2.53. The Balaban J connectivity index is 2.50. The van der Waals surface area contributed by atoms with Crippen LogP contribution < -0.4 is 11.3 Å². The Hall–Kier alpha value is -1.44. The van der Waals surface area contributed by atoms with Gasteiger partial charge in [-0.25, -0.2) is 10.4 Å². The summed E-state index contributed by atoms with van der Waals surface area (Å²) in [5, 5.41) is 1.66. The van der Waals surface area contributed by atoms with E-state index in [-0.39, 0.29) is 5.56 Å². The van der Waals surface area contributed by atoms with Crippen molar-refractivity contribution < 1.29 is 13.2 Å². The zero-order valence-electron chi connectivity index (χ0n) is 9.11. The molecule has 0 aliphatic rings. The van der Waals surface area contributed by atoms with E-state index in [0.717, 1.165) is 6.07 Å². The topological polar surface area (TPSA) is 50.9 Å². The van der Waals surface area contributed by atoms with E-state index in [1.807, 2.05) is 0 Å². The first-order valence-corrected chi connectivity index (χ1v) is 5.98. The number of nitrogens with zero attached hydrogens (tertiary/aromatic N) is 1. The van der Waals surface area contributed by atoms with Crippen LogP contribution in [-0.2, 0) is 6.18 Å². The number of hydrazine groups is 1. The van der Waals surface area contributed by atoms with Crippen LogP contribution in [0.4, 0.5) is 13.2 Å². The molecule has 0 saturated carbocycles. The van der Waals surface area contributed by atoms with Crippen molar-refractivity contribution in [2.75, 3.05) is 0 Å². The second-order valence-electron chi connectivity index (χ2n) is 3.60. The highest BCUT2D eigenvalue weighted by atomic mass is 32.1. The summed E-state index contributed by atoms with van der Waals surface area (Å²) in [4.78, 5) is 4.00. The number of halogens is 3. The maximum atomic E-state index is 12.9. The van der Waals surface area contributed by atoms with Gasteiger partial charge in [-0.2, -0.15) is 13.2 Å². The fraction of sp³-hybridized carbons (Fsp3) is 0.182. The second-order valence-corrected chi connectivity index (χ2v) is 4.32. The van der Waals surface area contributed by atoms with E-state index in [2.05, 4.69) is 10.4 Å². The summed E-state index contributed by atoms with van der Waals surface area (Å²) in [6.45, 7) is 0. The van der Waals surface area contributed by atoms with Crippen molar-refractivity contribution in [1.29, 1.82) is 0 Å². The Kier molecular flexibility index (Phi) is 3.65. The first-order valence-electron chi connectivity index (χ1n) is 5.04. The van der Waals surface area contributed by atoms with Crippen LogP contribution in [0.5, 0.6) is 0 Å². The normalized spacial score (nSPS) is 13.6. The molecule has 1 heterocycles. The molecular weight excluding hydrogens is 263 g/mol. The minimum absolute atomic E-state index is 0.0680.